The van der Waals surface area contributed by atoms with E-state index in [4.69, 9.17) is 0 Å². The molecule has 0 aromatic heterocycles. The van der Waals surface area contributed by atoms with Gasteiger partial charge in [-0.2, -0.15) is 0 Å². The van der Waals surface area contributed by atoms with E-state index < -0.39 is 22.4 Å². The molecular formula is C14H9BrF2O2S. The molecule has 0 aliphatic rings. The molecule has 0 saturated carbocycles. The van der Waals surface area contributed by atoms with Gasteiger partial charge in [0, 0.05) is 16.1 Å². The lowest BCUT2D eigenvalue weighted by molar-refractivity contribution is 0.102. The Bertz CT molecular complexity index is 671. The highest BCUT2D eigenvalue weighted by Gasteiger charge is 2.16. The Morgan fingerprint density at radius 3 is 2.35 bits per heavy atom. The predicted molar refractivity (Wildman–Crippen MR) is 76.1 cm³/mol. The molecule has 2 aromatic carbocycles. The van der Waals surface area contributed by atoms with Gasteiger partial charge < -0.3 is 0 Å². The van der Waals surface area contributed by atoms with Crippen LogP contribution in [0.1, 0.15) is 10.4 Å². The number of carbonyl (C=O) groups is 1. The maximum absolute atomic E-state index is 13.5. The third-order valence-electron chi connectivity index (χ3n) is 2.57. The van der Waals surface area contributed by atoms with Gasteiger partial charge in [-0.25, -0.2) is 8.78 Å². The molecule has 0 saturated heterocycles. The van der Waals surface area contributed by atoms with E-state index in [-0.39, 0.29) is 16.4 Å². The Labute approximate surface area is 125 Å². The molecule has 0 heterocycles. The van der Waals surface area contributed by atoms with Gasteiger partial charge in [-0.05, 0) is 24.3 Å². The third kappa shape index (κ3) is 3.58. The lowest BCUT2D eigenvalue weighted by atomic mass is 10.2. The molecule has 0 amide bonds. The smallest absolute Gasteiger partial charge is 0.175 e. The molecule has 0 N–H and O–H groups in total. The molecular weight excluding hydrogens is 350 g/mol. The average molecular weight is 359 g/mol. The maximum Gasteiger partial charge on any atom is 0.175 e. The highest BCUT2D eigenvalue weighted by Crippen LogP contribution is 2.16. The second-order valence-corrected chi connectivity index (χ2v) is 6.33. The summed E-state index contributed by atoms with van der Waals surface area (Å²) in [6.07, 6.45) is 0. The minimum Gasteiger partial charge on any atom is -0.293 e. The summed E-state index contributed by atoms with van der Waals surface area (Å²) in [6.45, 7) is 0. The van der Waals surface area contributed by atoms with E-state index in [9.17, 15) is 17.8 Å². The number of rotatable bonds is 4. The largest absolute Gasteiger partial charge is 0.293 e. The highest BCUT2D eigenvalue weighted by molar-refractivity contribution is 9.10. The normalized spacial score (nSPS) is 12.2. The van der Waals surface area contributed by atoms with Gasteiger partial charge in [0.25, 0.3) is 0 Å². The summed E-state index contributed by atoms with van der Waals surface area (Å²) in [5.74, 6) is -2.36. The van der Waals surface area contributed by atoms with E-state index >= 15 is 0 Å². The summed E-state index contributed by atoms with van der Waals surface area (Å²) in [4.78, 5) is 11.7. The summed E-state index contributed by atoms with van der Waals surface area (Å²) in [7, 11) is -1.84. The Hall–Kier alpha value is -1.40. The number of benzene rings is 2. The van der Waals surface area contributed by atoms with Crippen LogP contribution in [0.3, 0.4) is 0 Å². The van der Waals surface area contributed by atoms with Gasteiger partial charge in [-0.3, -0.25) is 9.00 Å². The summed E-state index contributed by atoms with van der Waals surface area (Å²) in [6, 6.07) is 9.31. The number of Topliss-reactive ketones (excluding diaryl/α,β-unsaturated/α-hetero) is 1. The fraction of sp³-hybridized carbons (Fsp3) is 0.0714. The fourth-order valence-corrected chi connectivity index (χ4v) is 2.90. The van der Waals surface area contributed by atoms with Gasteiger partial charge in [0.2, 0.25) is 0 Å². The van der Waals surface area contributed by atoms with Crippen molar-refractivity contribution in [2.75, 3.05) is 5.75 Å². The van der Waals surface area contributed by atoms with Crippen LogP contribution in [-0.4, -0.2) is 15.7 Å². The molecule has 1 atom stereocenters. The van der Waals surface area contributed by atoms with Crippen molar-refractivity contribution >= 4 is 32.5 Å². The molecule has 0 aliphatic carbocycles. The number of hydrogen-bond acceptors (Lipinski definition) is 2. The summed E-state index contributed by atoms with van der Waals surface area (Å²) < 4.78 is 39.0. The van der Waals surface area contributed by atoms with Gasteiger partial charge >= 0.3 is 0 Å². The van der Waals surface area contributed by atoms with Crippen molar-refractivity contribution in [1.29, 1.82) is 0 Å². The van der Waals surface area contributed by atoms with Crippen molar-refractivity contribution < 1.29 is 17.8 Å². The molecule has 1 unspecified atom stereocenters. The molecule has 0 aliphatic heterocycles. The number of carbonyl (C=O) groups excluding carboxylic acids is 1. The second-order valence-electron chi connectivity index (χ2n) is 3.99. The highest BCUT2D eigenvalue weighted by atomic mass is 79.9. The zero-order valence-corrected chi connectivity index (χ0v) is 12.5. The maximum atomic E-state index is 13.5. The summed E-state index contributed by atoms with van der Waals surface area (Å²) in [5.41, 5.74) is 0.393. The lowest BCUT2D eigenvalue weighted by Crippen LogP contribution is -2.12. The first kappa shape index (κ1) is 15.0. The van der Waals surface area contributed by atoms with E-state index in [1.54, 1.807) is 24.3 Å². The Morgan fingerprint density at radius 2 is 1.75 bits per heavy atom. The molecule has 20 heavy (non-hydrogen) atoms. The van der Waals surface area contributed by atoms with Crippen LogP contribution in [0.5, 0.6) is 0 Å². The molecule has 104 valence electrons. The molecule has 0 spiro atoms. The van der Waals surface area contributed by atoms with Crippen molar-refractivity contribution in [3.63, 3.8) is 0 Å². The Kier molecular flexibility index (Phi) is 4.77. The average Bonchev–Trinajstić information content (AvgIpc) is 2.39. The van der Waals surface area contributed by atoms with Crippen molar-refractivity contribution in [1.82, 2.24) is 0 Å². The minimum absolute atomic E-state index is 0.170. The van der Waals surface area contributed by atoms with Crippen molar-refractivity contribution in [2.24, 2.45) is 0 Å². The minimum atomic E-state index is -1.84. The van der Waals surface area contributed by atoms with E-state index in [2.05, 4.69) is 15.9 Å². The molecule has 6 heteroatoms. The first-order chi connectivity index (χ1) is 9.47. The van der Waals surface area contributed by atoms with Crippen LogP contribution in [0.4, 0.5) is 8.78 Å². The van der Waals surface area contributed by atoms with Crippen molar-refractivity contribution in [3.05, 3.63) is 64.1 Å². The van der Waals surface area contributed by atoms with Gasteiger partial charge in [-0.15, -0.1) is 0 Å². The third-order valence-corrected chi connectivity index (χ3v) is 4.44. The summed E-state index contributed by atoms with van der Waals surface area (Å²) >= 11 is 3.24. The molecule has 0 bridgehead atoms. The van der Waals surface area contributed by atoms with Crippen LogP contribution >= 0.6 is 15.9 Å². The van der Waals surface area contributed by atoms with Crippen LogP contribution in [0.25, 0.3) is 0 Å². The zero-order valence-electron chi connectivity index (χ0n) is 10.1. The Balaban J connectivity index is 2.15. The molecule has 2 aromatic rings. The van der Waals surface area contributed by atoms with Crippen molar-refractivity contribution in [2.45, 2.75) is 4.90 Å². The van der Waals surface area contributed by atoms with Gasteiger partial charge in [0.15, 0.2) is 5.78 Å². The lowest BCUT2D eigenvalue weighted by Gasteiger charge is -2.04. The molecule has 2 nitrogen and oxygen atoms in total. The van der Waals surface area contributed by atoms with Crippen LogP contribution in [0, 0.1) is 11.6 Å². The van der Waals surface area contributed by atoms with Crippen LogP contribution < -0.4 is 0 Å². The van der Waals surface area contributed by atoms with E-state index in [0.717, 1.165) is 16.6 Å². The first-order valence-electron chi connectivity index (χ1n) is 5.59. The topological polar surface area (TPSA) is 34.1 Å². The standard InChI is InChI=1S/C14H9BrF2O2S/c15-10-3-1-9(2-4-10)13(18)8-20(19)14-6-5-11(16)7-12(14)17/h1-7H,8H2. The predicted octanol–water partition coefficient (Wildman–Crippen LogP) is 3.72. The Morgan fingerprint density at radius 1 is 1.10 bits per heavy atom. The molecule has 0 radical (unpaired) electrons. The van der Waals surface area contributed by atoms with Crippen LogP contribution in [-0.2, 0) is 10.8 Å². The number of hydrogen-bond donors (Lipinski definition) is 0. The van der Waals surface area contributed by atoms with Gasteiger partial charge in [-0.1, -0.05) is 28.1 Å². The second kappa shape index (κ2) is 6.37. The van der Waals surface area contributed by atoms with Gasteiger partial charge in [0.05, 0.1) is 21.4 Å². The van der Waals surface area contributed by atoms with E-state index in [0.29, 0.717) is 11.6 Å². The monoisotopic (exact) mass is 358 g/mol. The zero-order chi connectivity index (χ0) is 14.7. The fourth-order valence-electron chi connectivity index (χ4n) is 1.58. The number of ketones is 1. The van der Waals surface area contributed by atoms with Crippen LogP contribution in [0.15, 0.2) is 51.8 Å². The number of halogens is 3. The summed E-state index contributed by atoms with van der Waals surface area (Å²) in [5, 5.41) is 0. The quantitative estimate of drug-likeness (QED) is 0.780. The molecule has 0 fully saturated rings. The van der Waals surface area contributed by atoms with Crippen molar-refractivity contribution in [3.8, 4) is 0 Å². The van der Waals surface area contributed by atoms with E-state index in [1.807, 2.05) is 0 Å². The van der Waals surface area contributed by atoms with Gasteiger partial charge in [0.1, 0.15) is 11.6 Å². The first-order valence-corrected chi connectivity index (χ1v) is 7.71. The van der Waals surface area contributed by atoms with E-state index in [1.165, 1.54) is 0 Å². The van der Waals surface area contributed by atoms with Crippen LogP contribution in [0.2, 0.25) is 0 Å². The molecule has 2 rings (SSSR count). The SMILES string of the molecule is O=C(CS(=O)c1ccc(F)cc1F)c1ccc(Br)cc1.